The largest absolute Gasteiger partial charge is 0.480 e. The zero-order chi connectivity index (χ0) is 11.8. The Bertz CT molecular complexity index is 242. The number of hydrogen-bond acceptors (Lipinski definition) is 3. The highest BCUT2D eigenvalue weighted by Crippen LogP contribution is 1.92. The molecular formula is C9H16N2O4. The van der Waals surface area contributed by atoms with E-state index in [2.05, 4.69) is 11.9 Å². The molecule has 15 heavy (non-hydrogen) atoms. The summed E-state index contributed by atoms with van der Waals surface area (Å²) in [7, 11) is 0. The maximum Gasteiger partial charge on any atom is 0.328 e. The number of urea groups is 1. The number of aliphatic hydroxyl groups excluding tert-OH is 1. The molecule has 0 aliphatic carbocycles. The summed E-state index contributed by atoms with van der Waals surface area (Å²) < 4.78 is 0. The number of nitrogens with zero attached hydrogens (tertiary/aromatic N) is 1. The number of carboxylic acids is 1. The van der Waals surface area contributed by atoms with E-state index in [1.54, 1.807) is 6.92 Å². The normalized spacial score (nSPS) is 11.6. The van der Waals surface area contributed by atoms with Gasteiger partial charge in [0.2, 0.25) is 0 Å². The Kier molecular flexibility index (Phi) is 6.12. The Balaban J connectivity index is 4.30. The molecule has 0 aromatic rings. The third kappa shape index (κ3) is 4.46. The number of carbonyl (C=O) groups excluding carboxylic acids is 1. The fourth-order valence-corrected chi connectivity index (χ4v) is 0.937. The topological polar surface area (TPSA) is 89.9 Å². The lowest BCUT2D eigenvalue weighted by Gasteiger charge is -2.21. The Morgan fingerprint density at radius 1 is 1.60 bits per heavy atom. The molecule has 0 heterocycles. The van der Waals surface area contributed by atoms with Crippen LogP contribution in [-0.2, 0) is 4.79 Å². The summed E-state index contributed by atoms with van der Waals surface area (Å²) in [6, 6.07) is -1.80. The van der Waals surface area contributed by atoms with Gasteiger partial charge in [-0.1, -0.05) is 6.08 Å². The van der Waals surface area contributed by atoms with E-state index < -0.39 is 24.6 Å². The van der Waals surface area contributed by atoms with Gasteiger partial charge in [-0.3, -0.25) is 0 Å². The van der Waals surface area contributed by atoms with Gasteiger partial charge < -0.3 is 20.4 Å². The predicted octanol–water partition coefficient (Wildman–Crippen LogP) is -0.351. The van der Waals surface area contributed by atoms with Crippen LogP contribution in [-0.4, -0.2) is 52.9 Å². The lowest BCUT2D eigenvalue weighted by atomic mass is 10.3. The van der Waals surface area contributed by atoms with Gasteiger partial charge in [0.1, 0.15) is 0 Å². The molecule has 6 heteroatoms. The number of aliphatic hydroxyl groups is 1. The number of rotatable bonds is 6. The van der Waals surface area contributed by atoms with Crippen molar-refractivity contribution in [1.29, 1.82) is 0 Å². The highest BCUT2D eigenvalue weighted by Gasteiger charge is 2.20. The van der Waals surface area contributed by atoms with Crippen molar-refractivity contribution in [2.24, 2.45) is 0 Å². The van der Waals surface area contributed by atoms with E-state index in [9.17, 15) is 9.59 Å². The van der Waals surface area contributed by atoms with Gasteiger partial charge in [0.05, 0.1) is 6.61 Å². The molecule has 86 valence electrons. The van der Waals surface area contributed by atoms with E-state index in [1.165, 1.54) is 11.0 Å². The zero-order valence-corrected chi connectivity index (χ0v) is 8.64. The second-order valence-electron chi connectivity index (χ2n) is 2.85. The van der Waals surface area contributed by atoms with Crippen LogP contribution in [0.15, 0.2) is 12.7 Å². The minimum atomic E-state index is -1.27. The Labute approximate surface area is 88.2 Å². The third-order valence-corrected chi connectivity index (χ3v) is 1.80. The van der Waals surface area contributed by atoms with Gasteiger partial charge in [-0.2, -0.15) is 0 Å². The zero-order valence-electron chi connectivity index (χ0n) is 8.64. The summed E-state index contributed by atoms with van der Waals surface area (Å²) in [6.07, 6.45) is 1.54. The molecule has 0 bridgehead atoms. The maximum atomic E-state index is 11.4. The fraction of sp³-hybridized carbons (Fsp3) is 0.556. The quantitative estimate of drug-likeness (QED) is 0.529. The first-order valence-corrected chi connectivity index (χ1v) is 4.56. The van der Waals surface area contributed by atoms with Crippen LogP contribution in [0.1, 0.15) is 6.92 Å². The first kappa shape index (κ1) is 13.4. The van der Waals surface area contributed by atoms with Crippen LogP contribution in [0.25, 0.3) is 0 Å². The second-order valence-corrected chi connectivity index (χ2v) is 2.85. The van der Waals surface area contributed by atoms with Gasteiger partial charge in [0.15, 0.2) is 6.04 Å². The standard InChI is InChI=1S/C9H16N2O4/c1-3-5-11(4-2)9(15)10-7(6-12)8(13)14/h3,7,12H,1,4-6H2,2H3,(H,10,15)(H,13,14)/t7-/m1/s1. The van der Waals surface area contributed by atoms with Crippen LogP contribution in [0.4, 0.5) is 4.79 Å². The summed E-state index contributed by atoms with van der Waals surface area (Å²) >= 11 is 0. The van der Waals surface area contributed by atoms with Crippen LogP contribution in [0.3, 0.4) is 0 Å². The van der Waals surface area contributed by atoms with Crippen LogP contribution >= 0.6 is 0 Å². The van der Waals surface area contributed by atoms with Crippen molar-refractivity contribution in [1.82, 2.24) is 10.2 Å². The third-order valence-electron chi connectivity index (χ3n) is 1.80. The number of nitrogens with one attached hydrogen (secondary N) is 1. The summed E-state index contributed by atoms with van der Waals surface area (Å²) in [5, 5.41) is 19.5. The summed E-state index contributed by atoms with van der Waals surface area (Å²) in [4.78, 5) is 23.3. The molecule has 3 N–H and O–H groups in total. The van der Waals surface area contributed by atoms with Crippen molar-refractivity contribution in [3.05, 3.63) is 12.7 Å². The monoisotopic (exact) mass is 216 g/mol. The molecule has 0 aliphatic heterocycles. The van der Waals surface area contributed by atoms with Crippen molar-refractivity contribution in [2.75, 3.05) is 19.7 Å². The molecule has 2 amide bonds. The molecule has 0 aromatic carbocycles. The van der Waals surface area contributed by atoms with Gasteiger partial charge in [-0.05, 0) is 6.92 Å². The van der Waals surface area contributed by atoms with Gasteiger partial charge >= 0.3 is 12.0 Å². The molecule has 0 fully saturated rings. The van der Waals surface area contributed by atoms with Crippen molar-refractivity contribution in [3.8, 4) is 0 Å². The molecule has 0 rings (SSSR count). The second kappa shape index (κ2) is 6.83. The molecule has 0 saturated heterocycles. The lowest BCUT2D eigenvalue weighted by Crippen LogP contribution is -2.49. The van der Waals surface area contributed by atoms with Crippen LogP contribution in [0.5, 0.6) is 0 Å². The SMILES string of the molecule is C=CCN(CC)C(=O)N[C@H](CO)C(=O)O. The first-order chi connectivity index (χ1) is 7.06. The average molecular weight is 216 g/mol. The molecular weight excluding hydrogens is 200 g/mol. The molecule has 0 unspecified atom stereocenters. The Morgan fingerprint density at radius 2 is 2.20 bits per heavy atom. The highest BCUT2D eigenvalue weighted by molar-refractivity contribution is 5.82. The molecule has 0 spiro atoms. The van der Waals surface area contributed by atoms with Crippen molar-refractivity contribution in [2.45, 2.75) is 13.0 Å². The van der Waals surface area contributed by atoms with Crippen molar-refractivity contribution < 1.29 is 19.8 Å². The van der Waals surface area contributed by atoms with E-state index in [0.717, 1.165) is 0 Å². The smallest absolute Gasteiger partial charge is 0.328 e. The molecule has 0 radical (unpaired) electrons. The van der Waals surface area contributed by atoms with E-state index in [-0.39, 0.29) is 0 Å². The average Bonchev–Trinajstić information content (AvgIpc) is 2.21. The van der Waals surface area contributed by atoms with Gasteiger partial charge in [-0.25, -0.2) is 9.59 Å². The molecule has 0 aliphatic rings. The summed E-state index contributed by atoms with van der Waals surface area (Å²) in [6.45, 7) is 5.38. The number of likely N-dealkylation sites (N-methyl/N-ethyl adjacent to an activating group) is 1. The maximum absolute atomic E-state index is 11.4. The minimum absolute atomic E-state index is 0.333. The Hall–Kier alpha value is -1.56. The number of hydrogen-bond donors (Lipinski definition) is 3. The van der Waals surface area contributed by atoms with Crippen LogP contribution in [0, 0.1) is 0 Å². The van der Waals surface area contributed by atoms with Crippen molar-refractivity contribution in [3.63, 3.8) is 0 Å². The first-order valence-electron chi connectivity index (χ1n) is 4.56. The van der Waals surface area contributed by atoms with Gasteiger partial charge in [0, 0.05) is 13.1 Å². The van der Waals surface area contributed by atoms with Crippen LogP contribution < -0.4 is 5.32 Å². The van der Waals surface area contributed by atoms with E-state index in [1.807, 2.05) is 0 Å². The van der Waals surface area contributed by atoms with E-state index in [4.69, 9.17) is 10.2 Å². The molecule has 1 atom stereocenters. The van der Waals surface area contributed by atoms with E-state index in [0.29, 0.717) is 13.1 Å². The Morgan fingerprint density at radius 3 is 2.53 bits per heavy atom. The fourth-order valence-electron chi connectivity index (χ4n) is 0.937. The van der Waals surface area contributed by atoms with Gasteiger partial charge in [-0.15, -0.1) is 6.58 Å². The highest BCUT2D eigenvalue weighted by atomic mass is 16.4. The number of amides is 2. The lowest BCUT2D eigenvalue weighted by molar-refractivity contribution is -0.140. The summed E-state index contributed by atoms with van der Waals surface area (Å²) in [5.41, 5.74) is 0. The van der Waals surface area contributed by atoms with E-state index >= 15 is 0 Å². The summed E-state index contributed by atoms with van der Waals surface area (Å²) in [5.74, 6) is -1.26. The predicted molar refractivity (Wildman–Crippen MR) is 54.5 cm³/mol. The molecule has 6 nitrogen and oxygen atoms in total. The van der Waals surface area contributed by atoms with Crippen LogP contribution in [0.2, 0.25) is 0 Å². The van der Waals surface area contributed by atoms with Gasteiger partial charge in [0.25, 0.3) is 0 Å². The number of carbonyl (C=O) groups is 2. The number of aliphatic carboxylic acids is 1. The molecule has 0 aromatic heterocycles. The molecule has 0 saturated carbocycles. The number of carboxylic acid groups (broad SMARTS) is 1. The van der Waals surface area contributed by atoms with Crippen molar-refractivity contribution >= 4 is 12.0 Å². The minimum Gasteiger partial charge on any atom is -0.480 e.